The van der Waals surface area contributed by atoms with E-state index in [4.69, 9.17) is 0 Å². The summed E-state index contributed by atoms with van der Waals surface area (Å²) in [6.45, 7) is 3.81. The molecule has 0 fully saturated rings. The van der Waals surface area contributed by atoms with E-state index < -0.39 is 11.7 Å². The summed E-state index contributed by atoms with van der Waals surface area (Å²) in [6, 6.07) is 3.63. The summed E-state index contributed by atoms with van der Waals surface area (Å²) in [5.74, 6) is -1.30. The maximum absolute atomic E-state index is 12.9. The van der Waals surface area contributed by atoms with Gasteiger partial charge >= 0.3 is 0 Å². The fourth-order valence-corrected chi connectivity index (χ4v) is 1.69. The minimum absolute atomic E-state index is 0.147. The van der Waals surface area contributed by atoms with Gasteiger partial charge in [0, 0.05) is 6.54 Å². The van der Waals surface area contributed by atoms with Crippen molar-refractivity contribution in [2.24, 2.45) is 0 Å². The first-order valence-electron chi connectivity index (χ1n) is 4.92. The molecule has 0 N–H and O–H groups in total. The summed E-state index contributed by atoms with van der Waals surface area (Å²) >= 11 is 0. The fraction of sp³-hybridized carbons (Fsp3) is 0.167. The summed E-state index contributed by atoms with van der Waals surface area (Å²) in [4.78, 5) is 24.7. The molecular formula is C12H10FNO2. The lowest BCUT2D eigenvalue weighted by molar-refractivity contribution is 0.0657. The van der Waals surface area contributed by atoms with E-state index in [1.54, 1.807) is 6.08 Å². The van der Waals surface area contributed by atoms with Gasteiger partial charge in [-0.05, 0) is 24.6 Å². The van der Waals surface area contributed by atoms with Crippen LogP contribution < -0.4 is 0 Å². The lowest BCUT2D eigenvalue weighted by Crippen LogP contribution is -2.30. The van der Waals surface area contributed by atoms with Gasteiger partial charge in [-0.15, -0.1) is 6.58 Å². The maximum atomic E-state index is 12.9. The second-order valence-electron chi connectivity index (χ2n) is 3.53. The number of amides is 2. The molecule has 0 bridgehead atoms. The molecule has 82 valence electrons. The smallest absolute Gasteiger partial charge is 0.261 e. The Morgan fingerprint density at radius 1 is 1.25 bits per heavy atom. The number of nitrogens with zero attached hydrogens (tertiary/aromatic N) is 1. The number of benzene rings is 1. The summed E-state index contributed by atoms with van der Waals surface area (Å²) in [5.41, 5.74) is 0.421. The Bertz CT molecular complexity index is 482. The van der Waals surface area contributed by atoms with Crippen molar-refractivity contribution in [1.82, 2.24) is 4.90 Å². The van der Waals surface area contributed by atoms with Crippen LogP contribution in [0.3, 0.4) is 0 Å². The van der Waals surface area contributed by atoms with E-state index in [1.807, 2.05) is 0 Å². The monoisotopic (exact) mass is 219 g/mol. The molecule has 16 heavy (non-hydrogen) atoms. The van der Waals surface area contributed by atoms with Crippen LogP contribution in [0.1, 0.15) is 27.1 Å². The molecule has 2 amide bonds. The van der Waals surface area contributed by atoms with Gasteiger partial charge in [-0.25, -0.2) is 4.39 Å². The lowest BCUT2D eigenvalue weighted by atomic mass is 10.1. The molecule has 4 heteroatoms. The van der Waals surface area contributed by atoms with E-state index in [2.05, 4.69) is 6.58 Å². The summed E-state index contributed by atoms with van der Waals surface area (Å²) in [5, 5.41) is 0. The van der Waals surface area contributed by atoms with E-state index >= 15 is 0 Å². The van der Waals surface area contributed by atoms with Crippen LogP contribution in [0.4, 0.5) is 4.39 Å². The van der Waals surface area contributed by atoms with Gasteiger partial charge in [0.2, 0.25) is 0 Å². The van der Waals surface area contributed by atoms with Crippen molar-refractivity contribution in [2.75, 3.05) is 6.54 Å². The molecule has 0 spiro atoms. The number of carbonyl (C=O) groups excluding carboxylic acids is 2. The molecule has 0 radical (unpaired) electrons. The zero-order valence-corrected chi connectivity index (χ0v) is 8.57. The quantitative estimate of drug-likeness (QED) is 0.576. The number of carbonyl (C=O) groups is 2. The van der Waals surface area contributed by atoms with Crippen LogP contribution in [0.15, 0.2) is 30.9 Å². The Balaban J connectivity index is 2.36. The first-order valence-corrected chi connectivity index (χ1v) is 4.92. The first kappa shape index (κ1) is 10.5. The number of halogens is 1. The maximum Gasteiger partial charge on any atom is 0.261 e. The van der Waals surface area contributed by atoms with E-state index in [0.29, 0.717) is 6.42 Å². The highest BCUT2D eigenvalue weighted by Gasteiger charge is 2.34. The topological polar surface area (TPSA) is 37.4 Å². The Morgan fingerprint density at radius 3 is 2.62 bits per heavy atom. The van der Waals surface area contributed by atoms with Crippen LogP contribution in [0, 0.1) is 5.82 Å². The Morgan fingerprint density at radius 2 is 1.94 bits per heavy atom. The van der Waals surface area contributed by atoms with Crippen LogP contribution in [0.25, 0.3) is 0 Å². The third kappa shape index (κ3) is 1.52. The molecule has 1 aliphatic rings. The number of imide groups is 1. The van der Waals surface area contributed by atoms with Gasteiger partial charge in [0.25, 0.3) is 11.8 Å². The van der Waals surface area contributed by atoms with E-state index in [9.17, 15) is 14.0 Å². The first-order chi connectivity index (χ1) is 7.65. The molecule has 1 aromatic carbocycles. The predicted octanol–water partition coefficient (Wildman–Crippen LogP) is 2.00. The van der Waals surface area contributed by atoms with Crippen molar-refractivity contribution in [3.8, 4) is 0 Å². The van der Waals surface area contributed by atoms with Crippen LogP contribution in [-0.4, -0.2) is 23.3 Å². The fourth-order valence-electron chi connectivity index (χ4n) is 1.69. The van der Waals surface area contributed by atoms with Crippen LogP contribution in [-0.2, 0) is 0 Å². The van der Waals surface area contributed by atoms with Crippen LogP contribution in [0.2, 0.25) is 0 Å². The molecule has 0 unspecified atom stereocenters. The van der Waals surface area contributed by atoms with Gasteiger partial charge in [-0.1, -0.05) is 6.08 Å². The summed E-state index contributed by atoms with van der Waals surface area (Å²) in [6.07, 6.45) is 2.16. The van der Waals surface area contributed by atoms with Gasteiger partial charge in [0.15, 0.2) is 0 Å². The molecule has 1 aromatic rings. The third-order valence-corrected chi connectivity index (χ3v) is 2.49. The highest BCUT2D eigenvalue weighted by atomic mass is 19.1. The molecular weight excluding hydrogens is 209 g/mol. The molecule has 0 saturated heterocycles. The molecule has 0 aromatic heterocycles. The highest BCUT2D eigenvalue weighted by molar-refractivity contribution is 6.21. The standard InChI is InChI=1S/C12H10FNO2/c1-2-3-6-14-11(15)9-5-4-8(13)7-10(9)12(14)16/h2,4-5,7H,1,3,6H2. The zero-order chi connectivity index (χ0) is 11.7. The van der Waals surface area contributed by atoms with Crippen molar-refractivity contribution in [3.63, 3.8) is 0 Å². The van der Waals surface area contributed by atoms with E-state index in [-0.39, 0.29) is 23.6 Å². The second-order valence-corrected chi connectivity index (χ2v) is 3.53. The van der Waals surface area contributed by atoms with Crippen LogP contribution in [0.5, 0.6) is 0 Å². The van der Waals surface area contributed by atoms with Crippen molar-refractivity contribution >= 4 is 11.8 Å². The molecule has 2 rings (SSSR count). The predicted molar refractivity (Wildman–Crippen MR) is 56.6 cm³/mol. The SMILES string of the molecule is C=CCCN1C(=O)c2ccc(F)cc2C1=O. The number of fused-ring (bicyclic) bond motifs is 1. The van der Waals surface area contributed by atoms with Crippen molar-refractivity contribution in [3.05, 3.63) is 47.8 Å². The average molecular weight is 219 g/mol. The zero-order valence-electron chi connectivity index (χ0n) is 8.57. The number of hydrogen-bond acceptors (Lipinski definition) is 2. The van der Waals surface area contributed by atoms with Gasteiger partial charge in [0.05, 0.1) is 11.1 Å². The van der Waals surface area contributed by atoms with E-state index in [0.717, 1.165) is 11.0 Å². The Hall–Kier alpha value is -1.97. The van der Waals surface area contributed by atoms with Crippen molar-refractivity contribution < 1.29 is 14.0 Å². The minimum atomic E-state index is -0.509. The molecule has 3 nitrogen and oxygen atoms in total. The largest absolute Gasteiger partial charge is 0.274 e. The van der Waals surface area contributed by atoms with Crippen molar-refractivity contribution in [2.45, 2.75) is 6.42 Å². The van der Waals surface area contributed by atoms with Crippen LogP contribution >= 0.6 is 0 Å². The highest BCUT2D eigenvalue weighted by Crippen LogP contribution is 2.23. The molecule has 1 aliphatic heterocycles. The molecule has 0 atom stereocenters. The number of hydrogen-bond donors (Lipinski definition) is 0. The van der Waals surface area contributed by atoms with Gasteiger partial charge in [-0.2, -0.15) is 0 Å². The normalized spacial score (nSPS) is 14.2. The Kier molecular flexibility index (Phi) is 2.56. The average Bonchev–Trinajstić information content (AvgIpc) is 2.50. The molecule has 1 heterocycles. The van der Waals surface area contributed by atoms with Gasteiger partial charge in [-0.3, -0.25) is 14.5 Å². The molecule has 0 aliphatic carbocycles. The summed E-state index contributed by atoms with van der Waals surface area (Å²) in [7, 11) is 0. The second kappa shape index (κ2) is 3.89. The van der Waals surface area contributed by atoms with Crippen molar-refractivity contribution in [1.29, 1.82) is 0 Å². The lowest BCUT2D eigenvalue weighted by Gasteiger charge is -2.11. The van der Waals surface area contributed by atoms with E-state index in [1.165, 1.54) is 12.1 Å². The molecule has 0 saturated carbocycles. The number of rotatable bonds is 3. The van der Waals surface area contributed by atoms with Gasteiger partial charge in [0.1, 0.15) is 5.82 Å². The Labute approximate surface area is 92.2 Å². The van der Waals surface area contributed by atoms with Gasteiger partial charge < -0.3 is 0 Å². The summed E-state index contributed by atoms with van der Waals surface area (Å²) < 4.78 is 12.9. The minimum Gasteiger partial charge on any atom is -0.274 e. The third-order valence-electron chi connectivity index (χ3n) is 2.49.